The van der Waals surface area contributed by atoms with Gasteiger partial charge in [0.2, 0.25) is 0 Å². The summed E-state index contributed by atoms with van der Waals surface area (Å²) in [7, 11) is -1.29. The van der Waals surface area contributed by atoms with Gasteiger partial charge in [-0.05, 0) is 5.20 Å². The van der Waals surface area contributed by atoms with Crippen molar-refractivity contribution in [2.75, 3.05) is 0 Å². The number of aliphatic hydroxyl groups is 1. The van der Waals surface area contributed by atoms with Gasteiger partial charge >= 0.3 is 0 Å². The molecular weight excluding hydrogens is 128 g/mol. The summed E-state index contributed by atoms with van der Waals surface area (Å²) in [5, 5.41) is 9.67. The molecule has 0 saturated carbocycles. The zero-order chi connectivity index (χ0) is 7.49. The summed E-state index contributed by atoms with van der Waals surface area (Å²) in [6.45, 7) is 10.1. The summed E-state index contributed by atoms with van der Waals surface area (Å²) in [6, 6.07) is 0. The molecule has 0 aliphatic rings. The summed E-state index contributed by atoms with van der Waals surface area (Å²) in [4.78, 5) is 0. The molecule has 2 heteroatoms. The predicted octanol–water partition coefficient (Wildman–Crippen LogP) is 2.49. The molecule has 9 heavy (non-hydrogen) atoms. The molecule has 1 N–H and O–H groups in total. The highest BCUT2D eigenvalue weighted by Crippen LogP contribution is 2.13. The van der Waals surface area contributed by atoms with E-state index in [0.29, 0.717) is 0 Å². The van der Waals surface area contributed by atoms with E-state index in [1.807, 2.05) is 0 Å². The lowest BCUT2D eigenvalue weighted by molar-refractivity contribution is 0.471. The molecule has 1 nitrogen and oxygen atoms in total. The number of hydrogen-bond donors (Lipinski definition) is 1. The van der Waals surface area contributed by atoms with E-state index in [0.717, 1.165) is 5.20 Å². The SMILES string of the molecule is C=CC(=CO)[Si](C)(C)C. The molecule has 0 aromatic heterocycles. The highest BCUT2D eigenvalue weighted by molar-refractivity contribution is 6.83. The van der Waals surface area contributed by atoms with Crippen molar-refractivity contribution in [3.63, 3.8) is 0 Å². The molecule has 0 rings (SSSR count). The average molecular weight is 142 g/mol. The molecule has 0 spiro atoms. The first-order valence-electron chi connectivity index (χ1n) is 2.99. The smallest absolute Gasteiger partial charge is 0.0815 e. The number of aliphatic hydroxyl groups excluding tert-OH is 1. The molecule has 0 fully saturated rings. The van der Waals surface area contributed by atoms with Crippen LogP contribution in [0.1, 0.15) is 0 Å². The van der Waals surface area contributed by atoms with E-state index in [-0.39, 0.29) is 0 Å². The standard InChI is InChI=1S/C7H14OSi/c1-5-7(6-8)9(2,3)4/h5-6,8H,1H2,2-4H3. The van der Waals surface area contributed by atoms with E-state index in [1.165, 1.54) is 6.26 Å². The van der Waals surface area contributed by atoms with Crippen LogP contribution in [0.5, 0.6) is 0 Å². The molecule has 0 heterocycles. The van der Waals surface area contributed by atoms with Crippen LogP contribution in [-0.2, 0) is 0 Å². The van der Waals surface area contributed by atoms with Gasteiger partial charge in [0.05, 0.1) is 14.3 Å². The third-order valence-electron chi connectivity index (χ3n) is 1.23. The third kappa shape index (κ3) is 2.51. The van der Waals surface area contributed by atoms with Gasteiger partial charge in [-0.1, -0.05) is 32.3 Å². The van der Waals surface area contributed by atoms with Crippen LogP contribution in [-0.4, -0.2) is 13.2 Å². The quantitative estimate of drug-likeness (QED) is 0.357. The molecule has 0 atom stereocenters. The lowest BCUT2D eigenvalue weighted by Crippen LogP contribution is -2.22. The fourth-order valence-corrected chi connectivity index (χ4v) is 1.55. The first-order valence-corrected chi connectivity index (χ1v) is 6.49. The van der Waals surface area contributed by atoms with Crippen molar-refractivity contribution in [3.8, 4) is 0 Å². The largest absolute Gasteiger partial charge is 0.516 e. The lowest BCUT2D eigenvalue weighted by Gasteiger charge is -2.15. The van der Waals surface area contributed by atoms with Crippen molar-refractivity contribution < 1.29 is 5.11 Å². The van der Waals surface area contributed by atoms with Gasteiger partial charge in [0.25, 0.3) is 0 Å². The highest BCUT2D eigenvalue weighted by Gasteiger charge is 2.16. The Hall–Kier alpha value is -0.503. The summed E-state index contributed by atoms with van der Waals surface area (Å²) < 4.78 is 0. The van der Waals surface area contributed by atoms with Crippen LogP contribution in [0, 0.1) is 0 Å². The summed E-state index contributed by atoms with van der Waals surface area (Å²) in [6.07, 6.45) is 2.89. The molecule has 0 aliphatic carbocycles. The van der Waals surface area contributed by atoms with Crippen molar-refractivity contribution in [1.82, 2.24) is 0 Å². The van der Waals surface area contributed by atoms with Crippen LogP contribution in [0.2, 0.25) is 19.6 Å². The van der Waals surface area contributed by atoms with Crippen LogP contribution < -0.4 is 0 Å². The Kier molecular flexibility index (Phi) is 2.71. The minimum atomic E-state index is -1.29. The lowest BCUT2D eigenvalue weighted by atomic mass is 10.6. The topological polar surface area (TPSA) is 20.2 Å². The van der Waals surface area contributed by atoms with Crippen LogP contribution in [0.3, 0.4) is 0 Å². The van der Waals surface area contributed by atoms with E-state index < -0.39 is 8.07 Å². The monoisotopic (exact) mass is 142 g/mol. The van der Waals surface area contributed by atoms with Gasteiger partial charge in [0.15, 0.2) is 0 Å². The van der Waals surface area contributed by atoms with E-state index in [2.05, 4.69) is 26.2 Å². The van der Waals surface area contributed by atoms with Crippen LogP contribution >= 0.6 is 0 Å². The fourth-order valence-electron chi connectivity index (χ4n) is 0.553. The van der Waals surface area contributed by atoms with E-state index in [1.54, 1.807) is 6.08 Å². The number of hydrogen-bond acceptors (Lipinski definition) is 1. The maximum absolute atomic E-state index is 8.66. The molecule has 0 aromatic carbocycles. The van der Waals surface area contributed by atoms with Crippen molar-refractivity contribution in [2.45, 2.75) is 19.6 Å². The summed E-state index contributed by atoms with van der Waals surface area (Å²) in [5.74, 6) is 0. The molecule has 0 aromatic rings. The van der Waals surface area contributed by atoms with Gasteiger partial charge in [-0.25, -0.2) is 0 Å². The minimum Gasteiger partial charge on any atom is -0.516 e. The Bertz CT molecular complexity index is 130. The van der Waals surface area contributed by atoms with Gasteiger partial charge < -0.3 is 5.11 Å². The normalized spacial score (nSPS) is 13.4. The maximum atomic E-state index is 8.66. The van der Waals surface area contributed by atoms with Gasteiger partial charge in [-0.2, -0.15) is 0 Å². The van der Waals surface area contributed by atoms with Crippen LogP contribution in [0.15, 0.2) is 24.1 Å². The Labute approximate surface area is 57.7 Å². The number of rotatable bonds is 2. The molecule has 0 amide bonds. The summed E-state index contributed by atoms with van der Waals surface area (Å²) >= 11 is 0. The van der Waals surface area contributed by atoms with Gasteiger partial charge in [-0.15, -0.1) is 0 Å². The number of allylic oxidation sites excluding steroid dienone is 2. The highest BCUT2D eigenvalue weighted by atomic mass is 28.3. The zero-order valence-electron chi connectivity index (χ0n) is 6.31. The molecule has 0 saturated heterocycles. The molecular formula is C7H14OSi. The molecule has 52 valence electrons. The Morgan fingerprint density at radius 2 is 1.89 bits per heavy atom. The molecule has 0 unspecified atom stereocenters. The second-order valence-corrected chi connectivity index (χ2v) is 8.12. The van der Waals surface area contributed by atoms with Crippen molar-refractivity contribution in [1.29, 1.82) is 0 Å². The average Bonchev–Trinajstić information content (AvgIpc) is 1.65. The van der Waals surface area contributed by atoms with Crippen molar-refractivity contribution in [3.05, 3.63) is 24.1 Å². The Morgan fingerprint density at radius 3 is 1.89 bits per heavy atom. The van der Waals surface area contributed by atoms with Crippen LogP contribution in [0.25, 0.3) is 0 Å². The second-order valence-electron chi connectivity index (χ2n) is 3.04. The Balaban J connectivity index is 4.32. The maximum Gasteiger partial charge on any atom is 0.0815 e. The molecule has 0 radical (unpaired) electrons. The van der Waals surface area contributed by atoms with Gasteiger partial charge in [0, 0.05) is 0 Å². The van der Waals surface area contributed by atoms with Crippen LogP contribution in [0.4, 0.5) is 0 Å². The fraction of sp³-hybridized carbons (Fsp3) is 0.429. The second kappa shape index (κ2) is 2.87. The first kappa shape index (κ1) is 8.50. The predicted molar refractivity (Wildman–Crippen MR) is 44.3 cm³/mol. The van der Waals surface area contributed by atoms with E-state index in [4.69, 9.17) is 5.11 Å². The van der Waals surface area contributed by atoms with E-state index >= 15 is 0 Å². The Morgan fingerprint density at radius 1 is 1.44 bits per heavy atom. The minimum absolute atomic E-state index is 1.00. The summed E-state index contributed by atoms with van der Waals surface area (Å²) in [5.41, 5.74) is 0. The van der Waals surface area contributed by atoms with Gasteiger partial charge in [0.1, 0.15) is 0 Å². The van der Waals surface area contributed by atoms with Crippen molar-refractivity contribution in [2.24, 2.45) is 0 Å². The first-order chi connectivity index (χ1) is 4.02. The molecule has 0 aliphatic heterocycles. The zero-order valence-corrected chi connectivity index (χ0v) is 7.31. The van der Waals surface area contributed by atoms with Gasteiger partial charge in [-0.3, -0.25) is 0 Å². The van der Waals surface area contributed by atoms with E-state index in [9.17, 15) is 0 Å². The third-order valence-corrected chi connectivity index (χ3v) is 3.29. The van der Waals surface area contributed by atoms with Crippen molar-refractivity contribution >= 4 is 8.07 Å². The molecule has 0 bridgehead atoms.